The van der Waals surface area contributed by atoms with Gasteiger partial charge in [0.1, 0.15) is 35.3 Å². The van der Waals surface area contributed by atoms with Crippen molar-refractivity contribution in [3.8, 4) is 11.6 Å². The molecule has 19 heteroatoms. The van der Waals surface area contributed by atoms with Crippen LogP contribution < -0.4 is 24.8 Å². The van der Waals surface area contributed by atoms with Crippen molar-refractivity contribution in [3.05, 3.63) is 42.4 Å². The summed E-state index contributed by atoms with van der Waals surface area (Å²) in [5, 5.41) is 5.04. The van der Waals surface area contributed by atoms with Gasteiger partial charge in [-0.15, -0.1) is 0 Å². The molecule has 0 spiro atoms. The van der Waals surface area contributed by atoms with Crippen molar-refractivity contribution in [1.29, 1.82) is 0 Å². The van der Waals surface area contributed by atoms with Gasteiger partial charge in [-0.2, -0.15) is 13.2 Å². The lowest BCUT2D eigenvalue weighted by Gasteiger charge is -2.34. The molecule has 3 heterocycles. The van der Waals surface area contributed by atoms with E-state index in [1.165, 1.54) is 31.5 Å². The van der Waals surface area contributed by atoms with E-state index in [2.05, 4.69) is 20.3 Å². The average Bonchev–Trinajstić information content (AvgIpc) is 4.05. The average molecular weight is 826 g/mol. The summed E-state index contributed by atoms with van der Waals surface area (Å²) >= 11 is 0. The fourth-order valence-electron chi connectivity index (χ4n) is 7.52. The van der Waals surface area contributed by atoms with Crippen LogP contribution in [-0.4, -0.2) is 96.5 Å². The molecular formula is C38H47F4N5O9S. The molecule has 1 aromatic heterocycles. The highest BCUT2D eigenvalue weighted by Crippen LogP contribution is 2.46. The van der Waals surface area contributed by atoms with E-state index in [0.717, 1.165) is 4.90 Å². The number of fused-ring (bicyclic) bond motifs is 3. The first-order valence-corrected chi connectivity index (χ1v) is 20.4. The molecule has 6 rings (SSSR count). The predicted octanol–water partition coefficient (Wildman–Crippen LogP) is 4.66. The first kappa shape index (κ1) is 41.9. The fraction of sp³-hybridized carbons (Fsp3) is 0.605. The summed E-state index contributed by atoms with van der Waals surface area (Å²) in [6.07, 6.45) is -0.378. The summed E-state index contributed by atoms with van der Waals surface area (Å²) in [5.74, 6) is -4.23. The van der Waals surface area contributed by atoms with Gasteiger partial charge in [-0.25, -0.2) is 22.6 Å². The Bertz CT molecular complexity index is 2060. The van der Waals surface area contributed by atoms with Crippen LogP contribution in [0, 0.1) is 23.6 Å². The zero-order chi connectivity index (χ0) is 41.7. The Kier molecular flexibility index (Phi) is 11.5. The van der Waals surface area contributed by atoms with Gasteiger partial charge >= 0.3 is 12.3 Å². The Hall–Kier alpha value is -4.68. The van der Waals surface area contributed by atoms with Crippen LogP contribution in [0.2, 0.25) is 0 Å². The van der Waals surface area contributed by atoms with Crippen LogP contribution in [0.25, 0.3) is 10.8 Å². The maximum absolute atomic E-state index is 14.7. The molecule has 0 bridgehead atoms. The van der Waals surface area contributed by atoms with Crippen molar-refractivity contribution in [2.24, 2.45) is 17.8 Å². The minimum absolute atomic E-state index is 0.0470. The number of halogens is 4. The third-order valence-corrected chi connectivity index (χ3v) is 13.0. The molecule has 1 saturated heterocycles. The van der Waals surface area contributed by atoms with Gasteiger partial charge in [0.05, 0.1) is 30.5 Å². The fourth-order valence-corrected chi connectivity index (χ4v) is 8.89. The van der Waals surface area contributed by atoms with Crippen molar-refractivity contribution in [1.82, 2.24) is 25.2 Å². The van der Waals surface area contributed by atoms with Crippen LogP contribution in [0.4, 0.5) is 22.4 Å². The van der Waals surface area contributed by atoms with E-state index in [0.29, 0.717) is 57.1 Å². The molecule has 312 valence electrons. The van der Waals surface area contributed by atoms with Gasteiger partial charge in [0, 0.05) is 17.7 Å². The largest absolute Gasteiger partial charge is 0.494 e. The number of alkyl carbamates (subject to hydrolysis) is 1. The number of amides is 4. The molecule has 2 aliphatic carbocycles. The van der Waals surface area contributed by atoms with Crippen LogP contribution in [-0.2, 0) is 29.1 Å². The van der Waals surface area contributed by atoms with Crippen LogP contribution in [0.1, 0.15) is 72.6 Å². The Morgan fingerprint density at radius 2 is 1.79 bits per heavy atom. The number of methoxy groups -OCH3 is 1. The number of carbonyl (C=O) groups is 4. The number of nitrogens with one attached hydrogen (secondary N) is 3. The number of ether oxygens (including phenoxy) is 3. The van der Waals surface area contributed by atoms with Crippen LogP contribution in [0.3, 0.4) is 0 Å². The minimum atomic E-state index is -4.93. The lowest BCUT2D eigenvalue weighted by molar-refractivity contribution is -0.244. The lowest BCUT2D eigenvalue weighted by Crippen LogP contribution is -2.59. The summed E-state index contributed by atoms with van der Waals surface area (Å²) in [7, 11) is -2.60. The first-order chi connectivity index (χ1) is 26.7. The Morgan fingerprint density at radius 1 is 1.07 bits per heavy atom. The van der Waals surface area contributed by atoms with Crippen molar-refractivity contribution in [3.63, 3.8) is 0 Å². The third kappa shape index (κ3) is 8.92. The second kappa shape index (κ2) is 15.6. The molecule has 57 heavy (non-hydrogen) atoms. The third-order valence-electron chi connectivity index (χ3n) is 11.2. The number of pyridine rings is 1. The van der Waals surface area contributed by atoms with Crippen LogP contribution >= 0.6 is 0 Å². The molecule has 2 saturated carbocycles. The van der Waals surface area contributed by atoms with Gasteiger partial charge in [-0.3, -0.25) is 19.1 Å². The summed E-state index contributed by atoms with van der Waals surface area (Å²) in [5.41, 5.74) is -4.58. The Morgan fingerprint density at radius 3 is 2.46 bits per heavy atom. The molecule has 0 unspecified atom stereocenters. The molecule has 2 aliphatic heterocycles. The number of alkyl halides is 3. The number of hydrogen-bond acceptors (Lipinski definition) is 10. The number of benzene rings is 1. The van der Waals surface area contributed by atoms with E-state index in [1.807, 2.05) is 13.0 Å². The van der Waals surface area contributed by atoms with Crippen molar-refractivity contribution < 1.29 is 59.4 Å². The molecule has 4 aliphatic rings. The Balaban J connectivity index is 1.36. The normalized spacial score (nSPS) is 29.2. The summed E-state index contributed by atoms with van der Waals surface area (Å²) in [4.78, 5) is 61.3. The summed E-state index contributed by atoms with van der Waals surface area (Å²) in [6, 6.07) is 1.01. The number of rotatable bonds is 8. The second-order valence-electron chi connectivity index (χ2n) is 16.1. The first-order valence-electron chi connectivity index (χ1n) is 18.9. The zero-order valence-corrected chi connectivity index (χ0v) is 33.0. The predicted molar refractivity (Wildman–Crippen MR) is 197 cm³/mol. The highest BCUT2D eigenvalue weighted by atomic mass is 32.2. The molecule has 1 aromatic carbocycles. The van der Waals surface area contributed by atoms with Crippen molar-refractivity contribution in [2.75, 3.05) is 13.7 Å². The summed E-state index contributed by atoms with van der Waals surface area (Å²) in [6.45, 7) is 4.60. The topological polar surface area (TPSA) is 182 Å². The molecule has 3 N–H and O–H groups in total. The van der Waals surface area contributed by atoms with E-state index in [9.17, 15) is 45.2 Å². The van der Waals surface area contributed by atoms with Gasteiger partial charge in [-0.1, -0.05) is 26.0 Å². The SMILES string of the molecule is COc1cnc(O[C@@H]2C[C@H]3C(=O)N[C@]4(C(=O)NS(=O)(=O)C5CC5)C[C@H]4/C=C\CC[C@@H](C)C[C@@H](C)[C@H](NC(=O)OC(C)(C)C(F)(F)F)C(=O)N3C2)c2cc(F)ccc12. The van der Waals surface area contributed by atoms with E-state index in [4.69, 9.17) is 14.2 Å². The van der Waals surface area contributed by atoms with Crippen molar-refractivity contribution in [2.45, 2.75) is 113 Å². The number of aromatic nitrogens is 1. The number of hydrogen-bond donors (Lipinski definition) is 3. The quantitative estimate of drug-likeness (QED) is 0.250. The summed E-state index contributed by atoms with van der Waals surface area (Å²) < 4.78 is 99.8. The molecule has 0 radical (unpaired) electrons. The van der Waals surface area contributed by atoms with Crippen LogP contribution in [0.15, 0.2) is 36.5 Å². The van der Waals surface area contributed by atoms with E-state index in [-0.39, 0.29) is 36.6 Å². The molecule has 14 nitrogen and oxygen atoms in total. The number of sulfonamides is 1. The number of nitrogens with zero attached hydrogens (tertiary/aromatic N) is 2. The second-order valence-corrected chi connectivity index (χ2v) is 18.1. The Labute approximate surface area is 327 Å². The smallest absolute Gasteiger partial charge is 0.427 e. The number of allylic oxidation sites excluding steroid dienone is 1. The minimum Gasteiger partial charge on any atom is -0.494 e. The maximum atomic E-state index is 14.7. The molecule has 3 fully saturated rings. The maximum Gasteiger partial charge on any atom is 0.427 e. The standard InChI is InChI=1S/C38H47F4N5O9S/c1-20-8-6-7-9-22-17-37(22,34(50)46-57(52,53)25-11-12-25)45-31(48)28-16-24(55-32-27-15-23(39)10-13-26(27)29(54-5)18-43-32)19-47(28)33(49)30(21(2)14-20)44-35(51)56-36(3,4)38(40,41)42/h7,9-10,13,15,18,20-22,24-25,28,30H,6,8,11-12,14,16-17,19H2,1-5H3,(H,44,51)(H,45,48)(H,46,50)/b9-7-/t20-,21-,22-,24-,28+,30+,37-/m1/s1. The molecular weight excluding hydrogens is 779 g/mol. The molecule has 4 amide bonds. The van der Waals surface area contributed by atoms with Crippen molar-refractivity contribution >= 4 is 44.6 Å². The van der Waals surface area contributed by atoms with E-state index in [1.54, 1.807) is 13.0 Å². The number of carbonyl (C=O) groups excluding carboxylic acids is 4. The highest BCUT2D eigenvalue weighted by Gasteiger charge is 2.62. The monoisotopic (exact) mass is 825 g/mol. The van der Waals surface area contributed by atoms with E-state index >= 15 is 0 Å². The lowest BCUT2D eigenvalue weighted by atomic mass is 9.88. The van der Waals surface area contributed by atoms with Gasteiger partial charge in [-0.05, 0) is 82.4 Å². The molecule has 7 atom stereocenters. The van der Waals surface area contributed by atoms with Gasteiger partial charge < -0.3 is 29.7 Å². The van der Waals surface area contributed by atoms with Crippen LogP contribution in [0.5, 0.6) is 11.6 Å². The zero-order valence-electron chi connectivity index (χ0n) is 32.2. The molecule has 2 aromatic rings. The van der Waals surface area contributed by atoms with Gasteiger partial charge in [0.2, 0.25) is 33.3 Å². The highest BCUT2D eigenvalue weighted by molar-refractivity contribution is 7.91. The van der Waals surface area contributed by atoms with Gasteiger partial charge in [0.25, 0.3) is 5.91 Å². The van der Waals surface area contributed by atoms with Gasteiger partial charge in [0.15, 0.2) is 0 Å². The van der Waals surface area contributed by atoms with E-state index < -0.39 is 92.2 Å².